The quantitative estimate of drug-likeness (QED) is 0.499. The second-order valence-electron chi connectivity index (χ2n) is 8.95. The van der Waals surface area contributed by atoms with Gasteiger partial charge >= 0.3 is 0 Å². The third-order valence-electron chi connectivity index (χ3n) is 6.14. The summed E-state index contributed by atoms with van der Waals surface area (Å²) in [5, 5.41) is 18.0. The van der Waals surface area contributed by atoms with E-state index >= 15 is 0 Å². The van der Waals surface area contributed by atoms with Crippen molar-refractivity contribution in [2.24, 2.45) is 12.1 Å². The van der Waals surface area contributed by atoms with Crippen LogP contribution in [0.15, 0.2) is 76.9 Å². The molecule has 1 aliphatic rings. The molecular weight excluding hydrogens is 516 g/mol. The first-order chi connectivity index (χ1) is 19.2. The summed E-state index contributed by atoms with van der Waals surface area (Å²) in [5.41, 5.74) is 1.76. The van der Waals surface area contributed by atoms with E-state index in [1.165, 1.54) is 53.4 Å². The number of halogens is 2. The maximum Gasteiger partial charge on any atom is 0.251 e. The molecule has 9 nitrogen and oxygen atoms in total. The number of rotatable bonds is 5. The highest BCUT2D eigenvalue weighted by molar-refractivity contribution is 6.13. The Morgan fingerprint density at radius 2 is 1.73 bits per heavy atom. The zero-order valence-corrected chi connectivity index (χ0v) is 22.0. The molecule has 1 N–H and O–H groups in total. The van der Waals surface area contributed by atoms with E-state index in [9.17, 15) is 23.6 Å². The van der Waals surface area contributed by atoms with Crippen molar-refractivity contribution in [1.82, 2.24) is 14.5 Å². The molecular formula is C29H25F2N7O2. The highest BCUT2D eigenvalue weighted by Gasteiger charge is 2.19. The summed E-state index contributed by atoms with van der Waals surface area (Å²) in [6, 6.07) is 11.9. The second-order valence-corrected chi connectivity index (χ2v) is 8.95. The number of hydrogen-bond acceptors (Lipinski definition) is 7. The van der Waals surface area contributed by atoms with Crippen molar-refractivity contribution in [3.05, 3.63) is 112 Å². The average Bonchev–Trinajstić information content (AvgIpc) is 3.13. The number of amides is 1. The van der Waals surface area contributed by atoms with Crippen molar-refractivity contribution in [3.8, 4) is 6.07 Å². The van der Waals surface area contributed by atoms with Gasteiger partial charge in [0.1, 0.15) is 29.2 Å². The predicted molar refractivity (Wildman–Crippen MR) is 148 cm³/mol. The third kappa shape index (κ3) is 6.42. The molecule has 0 radical (unpaired) electrons. The Morgan fingerprint density at radius 3 is 2.45 bits per heavy atom. The topological polar surface area (TPSA) is 116 Å². The lowest BCUT2D eigenvalue weighted by Crippen LogP contribution is -2.24. The van der Waals surface area contributed by atoms with E-state index in [0.717, 1.165) is 18.2 Å². The third-order valence-corrected chi connectivity index (χ3v) is 6.14. The van der Waals surface area contributed by atoms with Crippen molar-refractivity contribution >= 4 is 29.1 Å². The number of aromatic nitrogens is 3. The molecule has 0 aliphatic carbocycles. The molecule has 11 heteroatoms. The monoisotopic (exact) mass is 541 g/mol. The van der Waals surface area contributed by atoms with E-state index in [2.05, 4.69) is 20.4 Å². The van der Waals surface area contributed by atoms with E-state index in [0.29, 0.717) is 34.0 Å². The largest absolute Gasteiger partial charge is 0.377 e. The first-order valence-corrected chi connectivity index (χ1v) is 12.2. The standard InChI is InChI=1S/C29H25F2N7O2/c1-18(36-26-8-6-23(30)13-22(26)14-32)20-4-9-27(37(3)28(39)11-7-24(31)12-20)21-5-10-29(40)38(35-15-21)25-16-33-19(2)34-17-25/h4-9,11-13,15-18,36H,10H2,1-3H3/t18-/m1/s1. The molecule has 1 aliphatic heterocycles. The normalized spacial score (nSPS) is 13.6. The van der Waals surface area contributed by atoms with Gasteiger partial charge in [-0.1, -0.05) is 12.1 Å². The minimum absolute atomic E-state index is 0.0109. The van der Waals surface area contributed by atoms with E-state index in [-0.39, 0.29) is 17.9 Å². The summed E-state index contributed by atoms with van der Waals surface area (Å²) < 4.78 is 29.6. The van der Waals surface area contributed by atoms with Gasteiger partial charge in [-0.25, -0.2) is 18.7 Å². The number of carbonyl (C=O) groups is 1. The van der Waals surface area contributed by atoms with Gasteiger partial charge in [0.25, 0.3) is 11.5 Å². The summed E-state index contributed by atoms with van der Waals surface area (Å²) in [5.74, 6) is -0.974. The van der Waals surface area contributed by atoms with E-state index in [4.69, 9.17) is 0 Å². The van der Waals surface area contributed by atoms with Crippen LogP contribution in [-0.2, 0) is 11.8 Å². The SMILES string of the molecule is Cc1ncc(N2N=CC(c3ccc([C@@H](C)Nc4ccc(F)cc4C#N)cc(F)ccc(=O)n3C)=CCC2=O)cn1. The molecule has 0 fully saturated rings. The zero-order valence-electron chi connectivity index (χ0n) is 22.0. The van der Waals surface area contributed by atoms with Crippen molar-refractivity contribution in [2.75, 3.05) is 10.3 Å². The Labute approximate surface area is 229 Å². The molecule has 0 unspecified atom stereocenters. The van der Waals surface area contributed by atoms with Crippen LogP contribution in [-0.4, -0.2) is 26.7 Å². The second kappa shape index (κ2) is 12.1. The summed E-state index contributed by atoms with van der Waals surface area (Å²) in [4.78, 5) is 33.8. The zero-order chi connectivity index (χ0) is 28.8. The molecule has 0 bridgehead atoms. The van der Waals surface area contributed by atoms with Gasteiger partial charge in [0.05, 0.1) is 35.6 Å². The number of hydrazone groups is 1. The summed E-state index contributed by atoms with van der Waals surface area (Å²) in [6.07, 6.45) is 6.08. The molecule has 1 amide bonds. The first kappa shape index (κ1) is 27.8. The van der Waals surface area contributed by atoms with Gasteiger partial charge in [0.2, 0.25) is 0 Å². The van der Waals surface area contributed by atoms with E-state index in [1.54, 1.807) is 32.1 Å². The van der Waals surface area contributed by atoms with Crippen LogP contribution in [0.2, 0.25) is 0 Å². The molecule has 1 aromatic carbocycles. The number of anilines is 2. The number of aryl methyl sites for hydroxylation is 1. The maximum absolute atomic E-state index is 14.7. The van der Waals surface area contributed by atoms with Gasteiger partial charge in [-0.3, -0.25) is 9.59 Å². The number of benzene rings is 1. The molecule has 1 atom stereocenters. The number of carbonyl (C=O) groups excluding carboxylic acids is 1. The molecule has 3 heterocycles. The van der Waals surface area contributed by atoms with Gasteiger partial charge in [0, 0.05) is 31.1 Å². The first-order valence-electron chi connectivity index (χ1n) is 12.2. The number of hydrogen-bond donors (Lipinski definition) is 1. The van der Waals surface area contributed by atoms with Crippen LogP contribution in [0.25, 0.3) is 5.57 Å². The highest BCUT2D eigenvalue weighted by atomic mass is 19.1. The lowest BCUT2D eigenvalue weighted by atomic mass is 10.1. The molecule has 40 heavy (non-hydrogen) atoms. The van der Waals surface area contributed by atoms with Crippen LogP contribution in [0.5, 0.6) is 0 Å². The maximum atomic E-state index is 14.7. The van der Waals surface area contributed by atoms with Crippen LogP contribution in [0.1, 0.15) is 42.0 Å². The summed E-state index contributed by atoms with van der Waals surface area (Å²) in [6.45, 7) is 3.48. The minimum atomic E-state index is -0.657. The lowest BCUT2D eigenvalue weighted by molar-refractivity contribution is -0.117. The van der Waals surface area contributed by atoms with Gasteiger partial charge in [-0.15, -0.1) is 0 Å². The summed E-state index contributed by atoms with van der Waals surface area (Å²) >= 11 is 0. The van der Waals surface area contributed by atoms with Crippen LogP contribution in [0.3, 0.4) is 0 Å². The number of allylic oxidation sites excluding steroid dienone is 1. The molecule has 3 aromatic rings. The number of nitriles is 1. The average molecular weight is 542 g/mol. The van der Waals surface area contributed by atoms with Crippen molar-refractivity contribution in [2.45, 2.75) is 26.3 Å². The van der Waals surface area contributed by atoms with Crippen LogP contribution in [0.4, 0.5) is 20.2 Å². The smallest absolute Gasteiger partial charge is 0.251 e. The highest BCUT2D eigenvalue weighted by Crippen LogP contribution is 2.24. The van der Waals surface area contributed by atoms with E-state index < -0.39 is 23.2 Å². The fraction of sp³-hybridized carbons (Fsp3) is 0.172. The van der Waals surface area contributed by atoms with Crippen molar-refractivity contribution in [1.29, 1.82) is 5.26 Å². The Balaban J connectivity index is 1.78. The Morgan fingerprint density at radius 1 is 1.02 bits per heavy atom. The molecule has 0 spiro atoms. The predicted octanol–water partition coefficient (Wildman–Crippen LogP) is 4.74. The molecule has 4 rings (SSSR count). The van der Waals surface area contributed by atoms with Crippen LogP contribution >= 0.6 is 0 Å². The fourth-order valence-electron chi connectivity index (χ4n) is 3.93. The van der Waals surface area contributed by atoms with Crippen LogP contribution < -0.4 is 15.9 Å². The van der Waals surface area contributed by atoms with Crippen molar-refractivity contribution in [3.63, 3.8) is 0 Å². The summed E-state index contributed by atoms with van der Waals surface area (Å²) in [7, 11) is 1.53. The Kier molecular flexibility index (Phi) is 8.39. The number of nitrogens with zero attached hydrogens (tertiary/aromatic N) is 6. The molecule has 2 aromatic heterocycles. The minimum Gasteiger partial charge on any atom is -0.377 e. The van der Waals surface area contributed by atoms with Gasteiger partial charge in [0.15, 0.2) is 0 Å². The van der Waals surface area contributed by atoms with Gasteiger partial charge < -0.3 is 9.88 Å². The van der Waals surface area contributed by atoms with Gasteiger partial charge in [-0.05, 0) is 55.8 Å². The van der Waals surface area contributed by atoms with Gasteiger partial charge in [-0.2, -0.15) is 15.4 Å². The molecule has 0 saturated carbocycles. The Hall–Kier alpha value is -5.24. The Bertz CT molecular complexity index is 1670. The van der Waals surface area contributed by atoms with Crippen LogP contribution in [0, 0.1) is 29.9 Å². The molecule has 202 valence electrons. The fourth-order valence-corrected chi connectivity index (χ4v) is 3.93. The number of nitrogens with one attached hydrogen (secondary N) is 1. The van der Waals surface area contributed by atoms with E-state index in [1.807, 2.05) is 6.07 Å². The molecule has 0 saturated heterocycles. The van der Waals surface area contributed by atoms with Crippen molar-refractivity contribution < 1.29 is 13.6 Å². The lowest BCUT2D eigenvalue weighted by Gasteiger charge is -2.16.